The summed E-state index contributed by atoms with van der Waals surface area (Å²) in [5, 5.41) is 0. The largest absolute Gasteiger partial charge is 0.378 e. The minimum absolute atomic E-state index is 0.0696. The molecule has 1 aliphatic heterocycles. The van der Waals surface area contributed by atoms with Gasteiger partial charge in [0.2, 0.25) is 0 Å². The van der Waals surface area contributed by atoms with Crippen LogP contribution in [0.15, 0.2) is 0 Å². The number of hydrogen-bond acceptors (Lipinski definition) is 3. The van der Waals surface area contributed by atoms with Gasteiger partial charge in [-0.2, -0.15) is 0 Å². The molecule has 18 heavy (non-hydrogen) atoms. The number of hydrogen-bond donors (Lipinski definition) is 0. The average Bonchev–Trinajstić information content (AvgIpc) is 2.26. The lowest BCUT2D eigenvalue weighted by Crippen LogP contribution is -2.55. The highest BCUT2D eigenvalue weighted by atomic mass is 16.5. The lowest BCUT2D eigenvalue weighted by Gasteiger charge is -2.45. The van der Waals surface area contributed by atoms with Gasteiger partial charge in [0.15, 0.2) is 0 Å². The molecule has 0 bridgehead atoms. The summed E-state index contributed by atoms with van der Waals surface area (Å²) in [6.07, 6.45) is 2.86. The van der Waals surface area contributed by atoms with E-state index in [2.05, 4.69) is 32.6 Å². The molecule has 0 aromatic carbocycles. The molecule has 0 aromatic heterocycles. The van der Waals surface area contributed by atoms with Gasteiger partial charge in [-0.3, -0.25) is 9.69 Å². The van der Waals surface area contributed by atoms with Gasteiger partial charge in [-0.15, -0.1) is 0 Å². The number of morpholine rings is 1. The Morgan fingerprint density at radius 1 is 1.33 bits per heavy atom. The molecule has 3 heteroatoms. The van der Waals surface area contributed by atoms with Crippen molar-refractivity contribution in [3.63, 3.8) is 0 Å². The van der Waals surface area contributed by atoms with E-state index < -0.39 is 0 Å². The van der Waals surface area contributed by atoms with Gasteiger partial charge in [0.1, 0.15) is 5.78 Å². The Bertz CT molecular complexity index is 322. The third-order valence-electron chi connectivity index (χ3n) is 4.56. The lowest BCUT2D eigenvalue weighted by molar-refractivity contribution is -0.130. The molecular weight excluding hydrogens is 226 g/mol. The van der Waals surface area contributed by atoms with E-state index in [4.69, 9.17) is 4.74 Å². The number of carbonyl (C=O) groups is 1. The Labute approximate surface area is 111 Å². The van der Waals surface area contributed by atoms with E-state index in [1.54, 1.807) is 0 Å². The van der Waals surface area contributed by atoms with Gasteiger partial charge in [-0.25, -0.2) is 0 Å². The van der Waals surface area contributed by atoms with Gasteiger partial charge >= 0.3 is 0 Å². The number of rotatable bonds is 2. The van der Waals surface area contributed by atoms with E-state index in [1.165, 1.54) is 0 Å². The predicted molar refractivity (Wildman–Crippen MR) is 72.6 cm³/mol. The molecule has 2 rings (SSSR count). The number of ether oxygens (including phenoxy) is 1. The molecule has 0 radical (unpaired) electrons. The molecule has 104 valence electrons. The fourth-order valence-electron chi connectivity index (χ4n) is 3.21. The predicted octanol–water partition coefficient (Wildman–Crippen LogP) is 2.49. The number of carbonyl (C=O) groups excluding carboxylic acids is 1. The van der Waals surface area contributed by atoms with Gasteiger partial charge < -0.3 is 4.74 Å². The Morgan fingerprint density at radius 3 is 2.72 bits per heavy atom. The molecular formula is C15H27NO2. The first-order chi connectivity index (χ1) is 8.30. The van der Waals surface area contributed by atoms with Crippen LogP contribution in [0.1, 0.15) is 47.0 Å². The smallest absolute Gasteiger partial charge is 0.137 e. The quantitative estimate of drug-likeness (QED) is 0.757. The van der Waals surface area contributed by atoms with Crippen LogP contribution in [0, 0.1) is 11.3 Å². The van der Waals surface area contributed by atoms with Crippen LogP contribution in [0.2, 0.25) is 0 Å². The number of Topliss-reactive ketones (excluding diaryl/α,β-unsaturated/α-hetero) is 1. The van der Waals surface area contributed by atoms with Crippen LogP contribution in [0.3, 0.4) is 0 Å². The van der Waals surface area contributed by atoms with Crippen LogP contribution in [-0.4, -0.2) is 42.5 Å². The molecule has 1 unspecified atom stereocenters. The maximum Gasteiger partial charge on any atom is 0.137 e. The molecule has 1 aliphatic carbocycles. The van der Waals surface area contributed by atoms with Crippen molar-refractivity contribution in [3.05, 3.63) is 0 Å². The molecule has 0 aromatic rings. The molecule has 1 saturated carbocycles. The van der Waals surface area contributed by atoms with Crippen molar-refractivity contribution < 1.29 is 9.53 Å². The standard InChI is InChI=1S/C15H27NO2/c1-14(2)6-5-13(17)12(9-14)10-16-7-8-18-11-15(16,3)4/h12H,5-11H2,1-4H3. The topological polar surface area (TPSA) is 29.5 Å². The van der Waals surface area contributed by atoms with E-state index in [9.17, 15) is 4.79 Å². The maximum absolute atomic E-state index is 12.1. The van der Waals surface area contributed by atoms with Crippen molar-refractivity contribution in [2.24, 2.45) is 11.3 Å². The molecule has 2 aliphatic rings. The Hall–Kier alpha value is -0.410. The summed E-state index contributed by atoms with van der Waals surface area (Å²) < 4.78 is 5.55. The summed E-state index contributed by atoms with van der Waals surface area (Å²) in [6.45, 7) is 12.4. The molecule has 1 atom stereocenters. The minimum atomic E-state index is 0.0696. The van der Waals surface area contributed by atoms with Crippen molar-refractivity contribution in [2.45, 2.75) is 52.5 Å². The molecule has 0 spiro atoms. The van der Waals surface area contributed by atoms with Gasteiger partial charge in [-0.1, -0.05) is 13.8 Å². The van der Waals surface area contributed by atoms with E-state index in [-0.39, 0.29) is 11.5 Å². The second-order valence-corrected chi connectivity index (χ2v) is 7.34. The van der Waals surface area contributed by atoms with Gasteiger partial charge in [0, 0.05) is 31.0 Å². The molecule has 1 heterocycles. The molecule has 0 amide bonds. The first-order valence-electron chi connectivity index (χ1n) is 7.16. The summed E-state index contributed by atoms with van der Waals surface area (Å²) in [5.74, 6) is 0.697. The summed E-state index contributed by atoms with van der Waals surface area (Å²) in [4.78, 5) is 14.6. The minimum Gasteiger partial charge on any atom is -0.378 e. The monoisotopic (exact) mass is 253 g/mol. The molecule has 0 N–H and O–H groups in total. The summed E-state index contributed by atoms with van der Waals surface area (Å²) >= 11 is 0. The van der Waals surface area contributed by atoms with Gasteiger partial charge in [-0.05, 0) is 32.1 Å². The summed E-state index contributed by atoms with van der Waals surface area (Å²) in [7, 11) is 0. The molecule has 2 fully saturated rings. The second kappa shape index (κ2) is 4.93. The molecule has 1 saturated heterocycles. The van der Waals surface area contributed by atoms with Crippen molar-refractivity contribution in [1.82, 2.24) is 4.90 Å². The van der Waals surface area contributed by atoms with E-state index in [1.807, 2.05) is 0 Å². The van der Waals surface area contributed by atoms with Crippen LogP contribution in [0.4, 0.5) is 0 Å². The summed E-state index contributed by atoms with van der Waals surface area (Å²) in [5.41, 5.74) is 0.398. The van der Waals surface area contributed by atoms with E-state index in [0.29, 0.717) is 11.2 Å². The number of nitrogens with zero attached hydrogens (tertiary/aromatic N) is 1. The normalized spacial score (nSPS) is 32.4. The Balaban J connectivity index is 2.01. The highest BCUT2D eigenvalue weighted by Crippen LogP contribution is 2.37. The highest BCUT2D eigenvalue weighted by Gasteiger charge is 2.38. The third kappa shape index (κ3) is 3.12. The zero-order valence-corrected chi connectivity index (χ0v) is 12.3. The number of ketones is 1. The zero-order valence-electron chi connectivity index (χ0n) is 12.3. The van der Waals surface area contributed by atoms with Gasteiger partial charge in [0.25, 0.3) is 0 Å². The SMILES string of the molecule is CC1(C)CCC(=O)C(CN2CCOCC2(C)C)C1. The lowest BCUT2D eigenvalue weighted by atomic mass is 9.71. The second-order valence-electron chi connectivity index (χ2n) is 7.34. The maximum atomic E-state index is 12.1. The fourth-order valence-corrected chi connectivity index (χ4v) is 3.21. The van der Waals surface area contributed by atoms with E-state index >= 15 is 0 Å². The first-order valence-corrected chi connectivity index (χ1v) is 7.16. The third-order valence-corrected chi connectivity index (χ3v) is 4.56. The Morgan fingerprint density at radius 2 is 2.06 bits per heavy atom. The summed E-state index contributed by atoms with van der Waals surface area (Å²) in [6, 6.07) is 0. The van der Waals surface area contributed by atoms with Crippen molar-refractivity contribution in [3.8, 4) is 0 Å². The van der Waals surface area contributed by atoms with E-state index in [0.717, 1.165) is 45.6 Å². The van der Waals surface area contributed by atoms with Crippen molar-refractivity contribution in [2.75, 3.05) is 26.3 Å². The average molecular weight is 253 g/mol. The fraction of sp³-hybridized carbons (Fsp3) is 0.933. The van der Waals surface area contributed by atoms with Crippen LogP contribution in [-0.2, 0) is 9.53 Å². The van der Waals surface area contributed by atoms with Gasteiger partial charge in [0.05, 0.1) is 13.2 Å². The Kier molecular flexibility index (Phi) is 3.84. The first kappa shape index (κ1) is 14.0. The van der Waals surface area contributed by atoms with Crippen molar-refractivity contribution >= 4 is 5.78 Å². The van der Waals surface area contributed by atoms with Crippen molar-refractivity contribution in [1.29, 1.82) is 0 Å². The molecule has 3 nitrogen and oxygen atoms in total. The van der Waals surface area contributed by atoms with Crippen LogP contribution >= 0.6 is 0 Å². The zero-order chi connectivity index (χ0) is 13.4. The van der Waals surface area contributed by atoms with Crippen LogP contribution in [0.25, 0.3) is 0 Å². The highest BCUT2D eigenvalue weighted by molar-refractivity contribution is 5.82. The van der Waals surface area contributed by atoms with Crippen LogP contribution < -0.4 is 0 Å². The van der Waals surface area contributed by atoms with Crippen LogP contribution in [0.5, 0.6) is 0 Å².